The molecule has 2 N–H and O–H groups in total. The van der Waals surface area contributed by atoms with Crippen LogP contribution in [0.4, 0.5) is 0 Å². The molecule has 3 aromatic carbocycles. The average molecular weight is 416 g/mol. The number of hydrogen-bond acceptors (Lipinski definition) is 3. The number of carbonyl (C=O) groups excluding carboxylic acids is 1. The van der Waals surface area contributed by atoms with Crippen LogP contribution in [0.5, 0.6) is 0 Å². The Morgan fingerprint density at radius 2 is 1.50 bits per heavy atom. The number of nitrogens with zero attached hydrogens (tertiary/aromatic N) is 2. The molecule has 0 unspecified atom stereocenters. The molecule has 0 aliphatic carbocycles. The third-order valence-electron chi connectivity index (χ3n) is 4.47. The molecule has 0 atom stereocenters. The van der Waals surface area contributed by atoms with Gasteiger partial charge in [-0.2, -0.15) is 5.10 Å². The first-order chi connectivity index (χ1) is 14.5. The molecule has 0 aliphatic rings. The number of hydrogen-bond donors (Lipinski definition) is 1. The first-order valence-corrected chi connectivity index (χ1v) is 9.57. The SMILES string of the molecule is Cc1ccc(-c2cc(-c3ccc(Cl)cc3)n(-c3ccc(C=O)cc3)n2)cc1.NB=O. The number of rotatable bonds is 4. The van der Waals surface area contributed by atoms with Crippen LogP contribution < -0.4 is 5.64 Å². The maximum atomic E-state index is 11.0. The van der Waals surface area contributed by atoms with Gasteiger partial charge in [0, 0.05) is 21.7 Å². The van der Waals surface area contributed by atoms with Crippen LogP contribution >= 0.6 is 11.6 Å². The Labute approximate surface area is 180 Å². The van der Waals surface area contributed by atoms with E-state index in [1.165, 1.54) is 5.56 Å². The van der Waals surface area contributed by atoms with Crippen LogP contribution in [0.2, 0.25) is 5.02 Å². The molecule has 1 heterocycles. The summed E-state index contributed by atoms with van der Waals surface area (Å²) in [6, 6.07) is 25.5. The van der Waals surface area contributed by atoms with Gasteiger partial charge < -0.3 is 0 Å². The van der Waals surface area contributed by atoms with E-state index in [4.69, 9.17) is 21.4 Å². The number of carbonyl (C=O) groups is 1. The fourth-order valence-electron chi connectivity index (χ4n) is 2.96. The normalized spacial score (nSPS) is 9.93. The summed E-state index contributed by atoms with van der Waals surface area (Å²) in [5, 5.41) is 5.52. The molecule has 30 heavy (non-hydrogen) atoms. The van der Waals surface area contributed by atoms with E-state index in [2.05, 4.69) is 42.9 Å². The number of aryl methyl sites for hydroxylation is 1. The van der Waals surface area contributed by atoms with Crippen LogP contribution in [0.15, 0.2) is 78.9 Å². The van der Waals surface area contributed by atoms with E-state index in [9.17, 15) is 4.79 Å². The number of nitrogens with two attached hydrogens (primary N) is 1. The molecule has 0 bridgehead atoms. The number of halogens is 1. The van der Waals surface area contributed by atoms with Crippen molar-refractivity contribution in [2.45, 2.75) is 6.92 Å². The fraction of sp³-hybridized carbons (Fsp3) is 0.0435. The Morgan fingerprint density at radius 1 is 0.933 bits per heavy atom. The molecular formula is C23H19BClN3O2. The van der Waals surface area contributed by atoms with Crippen molar-refractivity contribution in [1.82, 2.24) is 9.78 Å². The third kappa shape index (κ3) is 4.91. The van der Waals surface area contributed by atoms with Gasteiger partial charge in [0.25, 0.3) is 0 Å². The predicted octanol–water partition coefficient (Wildman–Crippen LogP) is 4.89. The zero-order valence-electron chi connectivity index (χ0n) is 16.3. The summed E-state index contributed by atoms with van der Waals surface area (Å²) in [6.45, 7) is 2.07. The van der Waals surface area contributed by atoms with Gasteiger partial charge in [0.1, 0.15) is 6.29 Å². The molecule has 0 saturated carbocycles. The summed E-state index contributed by atoms with van der Waals surface area (Å²) >= 11 is 6.05. The number of aromatic nitrogens is 2. The molecule has 4 rings (SSSR count). The van der Waals surface area contributed by atoms with E-state index in [1.807, 2.05) is 41.1 Å². The zero-order chi connectivity index (χ0) is 21.5. The third-order valence-corrected chi connectivity index (χ3v) is 4.72. The van der Waals surface area contributed by atoms with E-state index in [1.54, 1.807) is 12.1 Å². The van der Waals surface area contributed by atoms with Gasteiger partial charge in [-0.25, -0.2) is 4.68 Å². The van der Waals surface area contributed by atoms with E-state index < -0.39 is 0 Å². The van der Waals surface area contributed by atoms with Gasteiger partial charge in [0.2, 0.25) is 0 Å². The second-order valence-corrected chi connectivity index (χ2v) is 6.98. The Balaban J connectivity index is 0.000000806. The topological polar surface area (TPSA) is 78.0 Å². The van der Waals surface area contributed by atoms with Gasteiger partial charge in [0.05, 0.1) is 17.1 Å². The van der Waals surface area contributed by atoms with Crippen LogP contribution in [0.25, 0.3) is 28.2 Å². The van der Waals surface area contributed by atoms with E-state index in [0.717, 1.165) is 34.5 Å². The van der Waals surface area contributed by atoms with Crippen molar-refractivity contribution in [3.63, 3.8) is 0 Å². The molecule has 0 saturated heterocycles. The van der Waals surface area contributed by atoms with Crippen molar-refractivity contribution in [3.05, 3.63) is 95.0 Å². The standard InChI is InChI=1S/C23H17ClN2O.BH2NO/c1-16-2-6-18(7-3-16)22-14-23(19-8-10-20(24)11-9-19)26(25-22)21-12-4-17(15-27)5-13-21;2-1-3/h2-15H,1H3;2H2. The number of benzene rings is 3. The molecule has 4 aromatic rings. The van der Waals surface area contributed by atoms with Gasteiger partial charge >= 0.3 is 17.6 Å². The molecule has 0 radical (unpaired) electrons. The summed E-state index contributed by atoms with van der Waals surface area (Å²) in [5.41, 5.74) is 10.8. The molecule has 0 aliphatic heterocycles. The minimum atomic E-state index is 0.250. The predicted molar refractivity (Wildman–Crippen MR) is 120 cm³/mol. The molecule has 0 amide bonds. The zero-order valence-corrected chi connectivity index (χ0v) is 17.1. The van der Waals surface area contributed by atoms with Gasteiger partial charge in [0.15, 0.2) is 0 Å². The Hall–Kier alpha value is -3.51. The summed E-state index contributed by atoms with van der Waals surface area (Å²) < 4.78 is 10.5. The van der Waals surface area contributed by atoms with Crippen molar-refractivity contribution < 1.29 is 9.50 Å². The van der Waals surface area contributed by atoms with Crippen molar-refractivity contribution in [2.24, 2.45) is 5.64 Å². The van der Waals surface area contributed by atoms with E-state index in [-0.39, 0.29) is 7.28 Å². The summed E-state index contributed by atoms with van der Waals surface area (Å²) in [4.78, 5) is 11.0. The molecule has 0 spiro atoms. The monoisotopic (exact) mass is 415 g/mol. The van der Waals surface area contributed by atoms with Crippen molar-refractivity contribution >= 4 is 25.2 Å². The van der Waals surface area contributed by atoms with Gasteiger partial charge in [-0.15, -0.1) is 0 Å². The molecule has 7 heteroatoms. The first kappa shape index (κ1) is 21.2. The van der Waals surface area contributed by atoms with E-state index >= 15 is 0 Å². The van der Waals surface area contributed by atoms with Gasteiger partial charge in [-0.3, -0.25) is 4.79 Å². The van der Waals surface area contributed by atoms with Crippen LogP contribution in [0.1, 0.15) is 15.9 Å². The fourth-order valence-corrected chi connectivity index (χ4v) is 3.09. The van der Waals surface area contributed by atoms with Crippen LogP contribution in [0.3, 0.4) is 0 Å². The van der Waals surface area contributed by atoms with Crippen molar-refractivity contribution in [2.75, 3.05) is 0 Å². The second-order valence-electron chi connectivity index (χ2n) is 6.55. The first-order valence-electron chi connectivity index (χ1n) is 9.19. The van der Waals surface area contributed by atoms with Crippen LogP contribution in [-0.2, 0) is 4.70 Å². The summed E-state index contributed by atoms with van der Waals surface area (Å²) in [6.07, 6.45) is 0.838. The Kier molecular flexibility index (Phi) is 6.93. The number of aldehydes is 1. The summed E-state index contributed by atoms with van der Waals surface area (Å²) in [5.74, 6) is 0. The molecule has 148 valence electrons. The molecule has 0 fully saturated rings. The minimum absolute atomic E-state index is 0.250. The Morgan fingerprint density at radius 3 is 2.07 bits per heavy atom. The van der Waals surface area contributed by atoms with E-state index in [0.29, 0.717) is 10.6 Å². The van der Waals surface area contributed by atoms with Crippen molar-refractivity contribution in [1.29, 1.82) is 0 Å². The molecule has 5 nitrogen and oxygen atoms in total. The Bertz CT molecular complexity index is 1140. The van der Waals surface area contributed by atoms with Gasteiger partial charge in [-0.05, 0) is 49.4 Å². The van der Waals surface area contributed by atoms with Crippen LogP contribution in [-0.4, -0.2) is 23.4 Å². The van der Waals surface area contributed by atoms with Crippen LogP contribution in [0, 0.1) is 6.92 Å². The maximum absolute atomic E-state index is 11.0. The summed E-state index contributed by atoms with van der Waals surface area (Å²) in [7, 11) is 0.250. The average Bonchev–Trinajstić information content (AvgIpc) is 3.21. The van der Waals surface area contributed by atoms with Gasteiger partial charge in [-0.1, -0.05) is 53.6 Å². The van der Waals surface area contributed by atoms with Crippen molar-refractivity contribution in [3.8, 4) is 28.2 Å². The molecular weight excluding hydrogens is 397 g/mol. The second kappa shape index (κ2) is 9.81. The quantitative estimate of drug-likeness (QED) is 0.380. The molecule has 1 aromatic heterocycles.